The van der Waals surface area contributed by atoms with Crippen molar-refractivity contribution in [3.05, 3.63) is 64.0 Å². The molecule has 0 aliphatic carbocycles. The molecule has 0 spiro atoms. The summed E-state index contributed by atoms with van der Waals surface area (Å²) in [7, 11) is 0. The fourth-order valence-electron chi connectivity index (χ4n) is 2.51. The lowest BCUT2D eigenvalue weighted by Crippen LogP contribution is -2.27. The van der Waals surface area contributed by atoms with Gasteiger partial charge in [0, 0.05) is 18.3 Å². The van der Waals surface area contributed by atoms with Gasteiger partial charge in [-0.25, -0.2) is 13.3 Å². The third kappa shape index (κ3) is 3.11. The molecule has 0 aliphatic rings. The monoisotopic (exact) mass is 390 g/mol. The van der Waals surface area contributed by atoms with Crippen molar-refractivity contribution in [1.82, 2.24) is 19.9 Å². The molecule has 5 nitrogen and oxygen atoms in total. The molecule has 1 aromatic carbocycles. The summed E-state index contributed by atoms with van der Waals surface area (Å²) in [6.07, 6.45) is 0.467. The van der Waals surface area contributed by atoms with Gasteiger partial charge in [0.15, 0.2) is 5.82 Å². The minimum absolute atomic E-state index is 0.229. The number of fused-ring (bicyclic) bond motifs is 1. The molecule has 132 valence electrons. The van der Waals surface area contributed by atoms with E-state index < -0.39 is 23.1 Å². The molecule has 3 aromatic heterocycles. The van der Waals surface area contributed by atoms with Crippen LogP contribution in [0.3, 0.4) is 0 Å². The maximum absolute atomic E-state index is 13.6. The number of thiophene rings is 1. The number of thiazole rings is 1. The molecule has 0 radical (unpaired) electrons. The van der Waals surface area contributed by atoms with E-state index in [1.54, 1.807) is 15.9 Å². The lowest BCUT2D eigenvalue weighted by Gasteiger charge is -2.06. The van der Waals surface area contributed by atoms with Gasteiger partial charge in [-0.15, -0.1) is 27.8 Å². The molecule has 0 saturated heterocycles. The zero-order valence-electron chi connectivity index (χ0n) is 13.3. The van der Waals surface area contributed by atoms with Crippen LogP contribution in [0.15, 0.2) is 41.1 Å². The van der Waals surface area contributed by atoms with Gasteiger partial charge < -0.3 is 5.32 Å². The Morgan fingerprint density at radius 1 is 1.15 bits per heavy atom. The maximum Gasteiger partial charge on any atom is 0.257 e. The van der Waals surface area contributed by atoms with Crippen LogP contribution in [0.25, 0.3) is 15.7 Å². The highest BCUT2D eigenvalue weighted by Crippen LogP contribution is 2.24. The van der Waals surface area contributed by atoms with E-state index in [4.69, 9.17) is 0 Å². The summed E-state index contributed by atoms with van der Waals surface area (Å²) in [5, 5.41) is 10.9. The number of nitrogens with one attached hydrogen (secondary N) is 1. The fourth-order valence-corrected chi connectivity index (χ4v) is 4.02. The zero-order valence-corrected chi connectivity index (χ0v) is 14.9. The third-order valence-corrected chi connectivity index (χ3v) is 5.48. The second-order valence-electron chi connectivity index (χ2n) is 5.44. The fraction of sp³-hybridized carbons (Fsp3) is 0.118. The van der Waals surface area contributed by atoms with E-state index in [2.05, 4.69) is 15.4 Å². The molecule has 0 aliphatic heterocycles. The van der Waals surface area contributed by atoms with Crippen LogP contribution in [0.1, 0.15) is 16.1 Å². The Morgan fingerprint density at radius 3 is 2.69 bits per heavy atom. The lowest BCUT2D eigenvalue weighted by molar-refractivity contribution is 0.0945. The van der Waals surface area contributed by atoms with Gasteiger partial charge in [0.1, 0.15) is 17.2 Å². The second kappa shape index (κ2) is 6.93. The number of rotatable bonds is 5. The summed E-state index contributed by atoms with van der Waals surface area (Å²) in [6, 6.07) is 7.23. The quantitative estimate of drug-likeness (QED) is 0.564. The highest BCUT2D eigenvalue weighted by Gasteiger charge is 2.17. The molecule has 4 rings (SSSR count). The first kappa shape index (κ1) is 16.8. The predicted octanol–water partition coefficient (Wildman–Crippen LogP) is 3.77. The van der Waals surface area contributed by atoms with Crippen molar-refractivity contribution in [2.24, 2.45) is 0 Å². The molecule has 1 N–H and O–H groups in total. The van der Waals surface area contributed by atoms with Crippen LogP contribution >= 0.6 is 22.7 Å². The summed E-state index contributed by atoms with van der Waals surface area (Å²) < 4.78 is 29.0. The van der Waals surface area contributed by atoms with Crippen molar-refractivity contribution < 1.29 is 13.6 Å². The molecular weight excluding hydrogens is 378 g/mol. The third-order valence-electron chi connectivity index (χ3n) is 3.75. The number of aromatic nitrogens is 3. The molecule has 1 amide bonds. The lowest BCUT2D eigenvalue weighted by atomic mass is 10.2. The highest BCUT2D eigenvalue weighted by atomic mass is 32.1. The molecule has 0 unspecified atom stereocenters. The van der Waals surface area contributed by atoms with Crippen LogP contribution in [-0.4, -0.2) is 27.0 Å². The molecule has 4 aromatic rings. The largest absolute Gasteiger partial charge is 0.351 e. The number of nitrogens with zero attached hydrogens (tertiary/aromatic N) is 3. The van der Waals surface area contributed by atoms with Crippen molar-refractivity contribution in [2.45, 2.75) is 6.42 Å². The Bertz CT molecular complexity index is 1050. The molecule has 26 heavy (non-hydrogen) atoms. The van der Waals surface area contributed by atoms with Crippen molar-refractivity contribution in [1.29, 1.82) is 0 Å². The van der Waals surface area contributed by atoms with Crippen LogP contribution in [0.2, 0.25) is 0 Å². The molecular formula is C17H12F2N4OS2. The number of benzene rings is 1. The topological polar surface area (TPSA) is 59.3 Å². The van der Waals surface area contributed by atoms with E-state index in [0.717, 1.165) is 27.7 Å². The Hall–Kier alpha value is -2.65. The molecule has 0 bridgehead atoms. The number of halogens is 2. The van der Waals surface area contributed by atoms with Gasteiger partial charge in [-0.05, 0) is 23.6 Å². The van der Waals surface area contributed by atoms with E-state index in [1.807, 2.05) is 22.9 Å². The van der Waals surface area contributed by atoms with Crippen LogP contribution in [0.4, 0.5) is 8.78 Å². The van der Waals surface area contributed by atoms with Gasteiger partial charge in [0.05, 0.1) is 10.6 Å². The van der Waals surface area contributed by atoms with Crippen molar-refractivity contribution in [3.63, 3.8) is 0 Å². The number of carbonyl (C=O) groups excluding carboxylic acids is 1. The first-order valence-electron chi connectivity index (χ1n) is 7.72. The predicted molar refractivity (Wildman–Crippen MR) is 96.6 cm³/mol. The van der Waals surface area contributed by atoms with Crippen LogP contribution in [0, 0.1) is 11.6 Å². The number of carbonyl (C=O) groups is 1. The van der Waals surface area contributed by atoms with Gasteiger partial charge in [0.25, 0.3) is 5.91 Å². The first-order chi connectivity index (χ1) is 12.6. The first-order valence-corrected chi connectivity index (χ1v) is 9.48. The van der Waals surface area contributed by atoms with Gasteiger partial charge in [-0.1, -0.05) is 12.1 Å². The van der Waals surface area contributed by atoms with Crippen molar-refractivity contribution in [3.8, 4) is 10.7 Å². The summed E-state index contributed by atoms with van der Waals surface area (Å²) in [6.45, 7) is 0.229. The average molecular weight is 390 g/mol. The van der Waals surface area contributed by atoms with Crippen molar-refractivity contribution in [2.75, 3.05) is 6.54 Å². The highest BCUT2D eigenvalue weighted by molar-refractivity contribution is 7.15. The molecule has 0 atom stereocenters. The number of amides is 1. The minimum Gasteiger partial charge on any atom is -0.351 e. The van der Waals surface area contributed by atoms with E-state index in [-0.39, 0.29) is 6.54 Å². The van der Waals surface area contributed by atoms with Crippen LogP contribution < -0.4 is 5.32 Å². The van der Waals surface area contributed by atoms with Gasteiger partial charge in [-0.3, -0.25) is 4.79 Å². The number of hydrogen-bond acceptors (Lipinski definition) is 5. The van der Waals surface area contributed by atoms with E-state index in [9.17, 15) is 13.6 Å². The second-order valence-corrected chi connectivity index (χ2v) is 7.22. The Labute approximate surface area is 154 Å². The molecule has 3 heterocycles. The Balaban J connectivity index is 1.46. The summed E-state index contributed by atoms with van der Waals surface area (Å²) in [4.78, 5) is 18.2. The Morgan fingerprint density at radius 2 is 1.96 bits per heavy atom. The summed E-state index contributed by atoms with van der Waals surface area (Å²) in [5.41, 5.74) is 0.304. The van der Waals surface area contributed by atoms with Gasteiger partial charge in [-0.2, -0.15) is 4.98 Å². The smallest absolute Gasteiger partial charge is 0.257 e. The molecule has 0 fully saturated rings. The SMILES string of the molecule is O=C(NCCc1csc2nc(-c3cccs3)nn12)c1c(F)cccc1F. The van der Waals surface area contributed by atoms with Gasteiger partial charge >= 0.3 is 0 Å². The van der Waals surface area contributed by atoms with E-state index in [0.29, 0.717) is 12.2 Å². The standard InChI is InChI=1S/C17H12F2N4OS2/c18-11-3-1-4-12(19)14(11)16(24)20-7-6-10-9-26-17-21-15(22-23(10)17)13-5-2-8-25-13/h1-5,8-9H,6-7H2,(H,20,24). The van der Waals surface area contributed by atoms with Gasteiger partial charge in [0.2, 0.25) is 4.96 Å². The molecule has 0 saturated carbocycles. The maximum atomic E-state index is 13.6. The summed E-state index contributed by atoms with van der Waals surface area (Å²) in [5.74, 6) is -1.87. The van der Waals surface area contributed by atoms with E-state index in [1.165, 1.54) is 17.4 Å². The zero-order chi connectivity index (χ0) is 18.1. The number of hydrogen-bond donors (Lipinski definition) is 1. The Kier molecular flexibility index (Phi) is 4.48. The van der Waals surface area contributed by atoms with E-state index >= 15 is 0 Å². The van der Waals surface area contributed by atoms with Crippen LogP contribution in [-0.2, 0) is 6.42 Å². The minimum atomic E-state index is -0.878. The normalized spacial score (nSPS) is 11.2. The average Bonchev–Trinajstić information content (AvgIpc) is 3.32. The molecule has 9 heteroatoms. The summed E-state index contributed by atoms with van der Waals surface area (Å²) >= 11 is 3.01. The van der Waals surface area contributed by atoms with Crippen LogP contribution in [0.5, 0.6) is 0 Å². The van der Waals surface area contributed by atoms with Crippen molar-refractivity contribution >= 4 is 33.5 Å².